The van der Waals surface area contributed by atoms with Crippen molar-refractivity contribution >= 4 is 28.8 Å². The average Bonchev–Trinajstić information content (AvgIpc) is 2.95. The molecule has 0 saturated carbocycles. The number of ether oxygens (including phenoxy) is 1. The van der Waals surface area contributed by atoms with Crippen LogP contribution in [0.5, 0.6) is 0 Å². The molecule has 1 aliphatic carbocycles. The van der Waals surface area contributed by atoms with Crippen molar-refractivity contribution < 1.29 is 19.1 Å². The molecule has 0 fully saturated rings. The van der Waals surface area contributed by atoms with Gasteiger partial charge in [-0.3, -0.25) is 10.1 Å². The summed E-state index contributed by atoms with van der Waals surface area (Å²) in [7, 11) is 0. The van der Waals surface area contributed by atoms with Gasteiger partial charge < -0.3 is 15.0 Å². The fraction of sp³-hybridized carbons (Fsp3) is 0.476. The number of urea groups is 1. The smallest absolute Gasteiger partial charge is 0.338 e. The molecule has 0 aliphatic heterocycles. The Morgan fingerprint density at radius 1 is 1.25 bits per heavy atom. The predicted octanol–water partition coefficient (Wildman–Crippen LogP) is 3.07. The number of benzene rings is 1. The maximum absolute atomic E-state index is 12.3. The monoisotopic (exact) mass is 385 g/mol. The van der Waals surface area contributed by atoms with E-state index in [2.05, 4.69) is 22.5 Å². The number of rotatable bonds is 3. The van der Waals surface area contributed by atoms with E-state index in [4.69, 9.17) is 4.74 Å². The minimum atomic E-state index is -0.677. The molecule has 7 nitrogen and oxygen atoms in total. The van der Waals surface area contributed by atoms with Crippen molar-refractivity contribution in [2.24, 2.45) is 5.92 Å². The lowest BCUT2D eigenvalue weighted by molar-refractivity contribution is -0.123. The summed E-state index contributed by atoms with van der Waals surface area (Å²) in [5, 5.41) is 5.78. The molecular formula is C21H27N3O4. The zero-order valence-electron chi connectivity index (χ0n) is 16.8. The summed E-state index contributed by atoms with van der Waals surface area (Å²) in [4.78, 5) is 39.3. The van der Waals surface area contributed by atoms with Crippen molar-refractivity contribution in [3.05, 3.63) is 35.0 Å². The third-order valence-corrected chi connectivity index (χ3v) is 4.75. The largest absolute Gasteiger partial charge is 0.452 e. The van der Waals surface area contributed by atoms with E-state index in [9.17, 15) is 14.4 Å². The molecule has 0 radical (unpaired) electrons. The first-order valence-electron chi connectivity index (χ1n) is 9.55. The number of imide groups is 1. The number of fused-ring (bicyclic) bond motifs is 3. The summed E-state index contributed by atoms with van der Waals surface area (Å²) >= 11 is 0. The molecule has 0 unspecified atom stereocenters. The van der Waals surface area contributed by atoms with Crippen molar-refractivity contribution in [3.63, 3.8) is 0 Å². The van der Waals surface area contributed by atoms with Crippen LogP contribution >= 0.6 is 0 Å². The van der Waals surface area contributed by atoms with E-state index in [-0.39, 0.29) is 0 Å². The summed E-state index contributed by atoms with van der Waals surface area (Å²) in [6.07, 6.45) is 3.16. The van der Waals surface area contributed by atoms with E-state index in [1.807, 2.05) is 12.1 Å². The number of carbonyl (C=O) groups is 3. The maximum Gasteiger partial charge on any atom is 0.338 e. The van der Waals surface area contributed by atoms with Crippen molar-refractivity contribution in [3.8, 4) is 0 Å². The number of amides is 3. The van der Waals surface area contributed by atoms with E-state index in [0.29, 0.717) is 11.5 Å². The molecule has 2 aromatic rings. The molecule has 0 bridgehead atoms. The summed E-state index contributed by atoms with van der Waals surface area (Å²) in [5.74, 6) is -0.652. The number of hydrogen-bond donors (Lipinski definition) is 3. The Balaban J connectivity index is 1.63. The van der Waals surface area contributed by atoms with Crippen molar-refractivity contribution in [1.82, 2.24) is 15.6 Å². The molecule has 1 atom stereocenters. The van der Waals surface area contributed by atoms with Crippen LogP contribution in [0.3, 0.4) is 0 Å². The van der Waals surface area contributed by atoms with Crippen LogP contribution in [0.15, 0.2) is 18.2 Å². The topological polar surface area (TPSA) is 100 Å². The molecule has 3 rings (SSSR count). The van der Waals surface area contributed by atoms with Crippen molar-refractivity contribution in [1.29, 1.82) is 0 Å². The molecule has 150 valence electrons. The SMILES string of the molecule is C[C@@H]1CCc2[nH]c3ccc(C(=O)OCC(=O)NC(=O)NC(C)(C)C)cc3c2C1. The zero-order valence-corrected chi connectivity index (χ0v) is 16.8. The number of carbonyl (C=O) groups excluding carboxylic acids is 3. The molecule has 0 spiro atoms. The summed E-state index contributed by atoms with van der Waals surface area (Å²) in [6.45, 7) is 7.11. The van der Waals surface area contributed by atoms with Gasteiger partial charge in [0.25, 0.3) is 5.91 Å². The van der Waals surface area contributed by atoms with Gasteiger partial charge >= 0.3 is 12.0 Å². The van der Waals surface area contributed by atoms with E-state index >= 15 is 0 Å². The molecule has 1 aliphatic rings. The highest BCUT2D eigenvalue weighted by molar-refractivity contribution is 5.99. The first-order chi connectivity index (χ1) is 13.1. The summed E-state index contributed by atoms with van der Waals surface area (Å²) in [6, 6.07) is 4.74. The van der Waals surface area contributed by atoms with Crippen LogP contribution in [0, 0.1) is 5.92 Å². The Bertz CT molecular complexity index is 924. The minimum Gasteiger partial charge on any atom is -0.452 e. The van der Waals surface area contributed by atoms with Gasteiger partial charge in [-0.05, 0) is 69.7 Å². The molecular weight excluding hydrogens is 358 g/mol. The van der Waals surface area contributed by atoms with Crippen molar-refractivity contribution in [2.45, 2.75) is 52.5 Å². The molecule has 3 N–H and O–H groups in total. The third-order valence-electron chi connectivity index (χ3n) is 4.75. The quantitative estimate of drug-likeness (QED) is 0.707. The number of H-pyrrole nitrogens is 1. The number of nitrogens with one attached hydrogen (secondary N) is 3. The summed E-state index contributed by atoms with van der Waals surface area (Å²) < 4.78 is 5.07. The zero-order chi connectivity index (χ0) is 20.5. The van der Waals surface area contributed by atoms with E-state index in [1.165, 1.54) is 11.3 Å². The number of aromatic amines is 1. The molecule has 1 aromatic carbocycles. The Hall–Kier alpha value is -2.83. The van der Waals surface area contributed by atoms with Gasteiger partial charge in [-0.15, -0.1) is 0 Å². The van der Waals surface area contributed by atoms with Crippen LogP contribution in [0.4, 0.5) is 4.79 Å². The van der Waals surface area contributed by atoms with Crippen LogP contribution in [-0.4, -0.2) is 35.0 Å². The number of aromatic nitrogens is 1. The van der Waals surface area contributed by atoms with Gasteiger partial charge in [-0.1, -0.05) is 6.92 Å². The molecule has 3 amide bonds. The third kappa shape index (κ3) is 4.71. The Morgan fingerprint density at radius 2 is 2.00 bits per heavy atom. The van der Waals surface area contributed by atoms with Gasteiger partial charge in [0.05, 0.1) is 5.56 Å². The second kappa shape index (κ2) is 7.66. The van der Waals surface area contributed by atoms with Crippen LogP contribution in [-0.2, 0) is 22.4 Å². The van der Waals surface area contributed by atoms with Crippen LogP contribution in [0.25, 0.3) is 10.9 Å². The summed E-state index contributed by atoms with van der Waals surface area (Å²) in [5.41, 5.74) is 3.43. The fourth-order valence-corrected chi connectivity index (χ4v) is 3.47. The molecule has 1 aromatic heterocycles. The lowest BCUT2D eigenvalue weighted by atomic mass is 9.87. The highest BCUT2D eigenvalue weighted by atomic mass is 16.5. The molecule has 28 heavy (non-hydrogen) atoms. The van der Waals surface area contributed by atoms with E-state index in [1.54, 1.807) is 26.8 Å². The van der Waals surface area contributed by atoms with Gasteiger partial charge in [0.2, 0.25) is 0 Å². The Kier molecular flexibility index (Phi) is 5.45. The van der Waals surface area contributed by atoms with Gasteiger partial charge in [-0.2, -0.15) is 0 Å². The van der Waals surface area contributed by atoms with E-state index < -0.39 is 30.1 Å². The predicted molar refractivity (Wildman–Crippen MR) is 106 cm³/mol. The first kappa shape index (κ1) is 19.9. The molecule has 0 saturated heterocycles. The second-order valence-electron chi connectivity index (χ2n) is 8.52. The first-order valence-corrected chi connectivity index (χ1v) is 9.55. The maximum atomic E-state index is 12.3. The van der Waals surface area contributed by atoms with Gasteiger partial charge in [0, 0.05) is 22.1 Å². The average molecular weight is 385 g/mol. The van der Waals surface area contributed by atoms with Crippen LogP contribution < -0.4 is 10.6 Å². The molecule has 7 heteroatoms. The normalized spacial score (nSPS) is 16.4. The lowest BCUT2D eigenvalue weighted by Crippen LogP contribution is -2.49. The second-order valence-corrected chi connectivity index (χ2v) is 8.52. The highest BCUT2D eigenvalue weighted by Gasteiger charge is 2.21. The van der Waals surface area contributed by atoms with Crippen LogP contribution in [0.2, 0.25) is 0 Å². The van der Waals surface area contributed by atoms with Crippen LogP contribution in [0.1, 0.15) is 55.7 Å². The Labute approximate surface area is 164 Å². The number of hydrogen-bond acceptors (Lipinski definition) is 4. The Morgan fingerprint density at radius 3 is 2.71 bits per heavy atom. The van der Waals surface area contributed by atoms with E-state index in [0.717, 1.165) is 30.2 Å². The lowest BCUT2D eigenvalue weighted by Gasteiger charge is -2.20. The number of aryl methyl sites for hydroxylation is 1. The fourth-order valence-electron chi connectivity index (χ4n) is 3.47. The van der Waals surface area contributed by atoms with Gasteiger partial charge in [0.1, 0.15) is 0 Å². The standard InChI is InChI=1S/C21H27N3O4/c1-12-5-7-16-14(9-12)15-10-13(6-8-17(15)22-16)19(26)28-11-18(25)23-20(27)24-21(2,3)4/h6,8,10,12,22H,5,7,9,11H2,1-4H3,(H2,23,24,25,27)/t12-/m1/s1. The van der Waals surface area contributed by atoms with Gasteiger partial charge in [0.15, 0.2) is 6.61 Å². The van der Waals surface area contributed by atoms with Gasteiger partial charge in [-0.25, -0.2) is 9.59 Å². The minimum absolute atomic E-state index is 0.388. The highest BCUT2D eigenvalue weighted by Crippen LogP contribution is 2.32. The molecule has 1 heterocycles. The number of esters is 1. The van der Waals surface area contributed by atoms with Crippen molar-refractivity contribution in [2.75, 3.05) is 6.61 Å².